The summed E-state index contributed by atoms with van der Waals surface area (Å²) in [5.41, 5.74) is 3.63. The number of rotatable bonds is 5. The predicted molar refractivity (Wildman–Crippen MR) is 82.7 cm³/mol. The lowest BCUT2D eigenvalue weighted by Gasteiger charge is -2.12. The summed E-state index contributed by atoms with van der Waals surface area (Å²) in [5, 5.41) is 25.7. The van der Waals surface area contributed by atoms with Crippen molar-refractivity contribution in [2.75, 3.05) is 23.7 Å². The van der Waals surface area contributed by atoms with E-state index in [4.69, 9.17) is 0 Å². The molecule has 4 heteroatoms. The topological polar surface area (TPSA) is 64.5 Å². The molecule has 0 atom stereocenters. The van der Waals surface area contributed by atoms with E-state index in [1.807, 2.05) is 38.1 Å². The number of aryl methyl sites for hydroxylation is 2. The Balaban J connectivity index is 1.87. The van der Waals surface area contributed by atoms with Gasteiger partial charge in [-0.1, -0.05) is 12.1 Å². The summed E-state index contributed by atoms with van der Waals surface area (Å²) >= 11 is 0. The smallest absolute Gasteiger partial charge is 0.138 e. The summed E-state index contributed by atoms with van der Waals surface area (Å²) in [6.45, 7) is 5.25. The molecule has 0 amide bonds. The largest absolute Gasteiger partial charge is 0.506 e. The molecule has 0 aliphatic heterocycles. The predicted octanol–water partition coefficient (Wildman–Crippen LogP) is 3.24. The van der Waals surface area contributed by atoms with Gasteiger partial charge in [-0.25, -0.2) is 0 Å². The summed E-state index contributed by atoms with van der Waals surface area (Å²) in [5.74, 6) is 0.489. The molecule has 0 fully saturated rings. The number of anilines is 2. The summed E-state index contributed by atoms with van der Waals surface area (Å²) in [4.78, 5) is 0. The van der Waals surface area contributed by atoms with Crippen molar-refractivity contribution < 1.29 is 10.2 Å². The summed E-state index contributed by atoms with van der Waals surface area (Å²) in [7, 11) is 0. The Bertz CT molecular complexity index is 544. The SMILES string of the molecule is Cc1ccc(O)c(NCCNc2cc(C)ccc2O)c1. The molecule has 0 heterocycles. The molecule has 0 aromatic heterocycles. The maximum Gasteiger partial charge on any atom is 0.138 e. The van der Waals surface area contributed by atoms with Crippen LogP contribution < -0.4 is 10.6 Å². The Morgan fingerprint density at radius 1 is 0.750 bits per heavy atom. The van der Waals surface area contributed by atoms with Crippen molar-refractivity contribution in [1.82, 2.24) is 0 Å². The van der Waals surface area contributed by atoms with E-state index in [1.54, 1.807) is 12.1 Å². The van der Waals surface area contributed by atoms with E-state index < -0.39 is 0 Å². The molecule has 0 saturated carbocycles. The van der Waals surface area contributed by atoms with Crippen LogP contribution in [0, 0.1) is 13.8 Å². The third kappa shape index (κ3) is 3.57. The minimum absolute atomic E-state index is 0.244. The molecule has 2 aromatic rings. The van der Waals surface area contributed by atoms with Gasteiger partial charge in [0.25, 0.3) is 0 Å². The molecule has 0 spiro atoms. The molecule has 0 aliphatic rings. The van der Waals surface area contributed by atoms with E-state index in [0.717, 1.165) is 22.5 Å². The lowest BCUT2D eigenvalue weighted by molar-refractivity contribution is 0.476. The van der Waals surface area contributed by atoms with E-state index in [9.17, 15) is 10.2 Å². The van der Waals surface area contributed by atoms with Gasteiger partial charge in [-0.2, -0.15) is 0 Å². The van der Waals surface area contributed by atoms with Crippen molar-refractivity contribution in [3.8, 4) is 11.5 Å². The van der Waals surface area contributed by atoms with Crippen molar-refractivity contribution in [2.24, 2.45) is 0 Å². The third-order valence-electron chi connectivity index (χ3n) is 3.06. The van der Waals surface area contributed by atoms with Crippen LogP contribution in [0.1, 0.15) is 11.1 Å². The van der Waals surface area contributed by atoms with E-state index in [1.165, 1.54) is 0 Å². The van der Waals surface area contributed by atoms with Crippen LogP contribution in [-0.4, -0.2) is 23.3 Å². The zero-order valence-electron chi connectivity index (χ0n) is 11.8. The van der Waals surface area contributed by atoms with Gasteiger partial charge < -0.3 is 20.8 Å². The van der Waals surface area contributed by atoms with Crippen LogP contribution in [0.5, 0.6) is 11.5 Å². The maximum absolute atomic E-state index is 9.71. The molecular formula is C16H20N2O2. The Hall–Kier alpha value is -2.36. The molecule has 0 saturated heterocycles. The summed E-state index contributed by atoms with van der Waals surface area (Å²) in [6.07, 6.45) is 0. The second kappa shape index (κ2) is 6.19. The highest BCUT2D eigenvalue weighted by molar-refractivity contribution is 5.59. The molecule has 0 aliphatic carbocycles. The molecule has 4 N–H and O–H groups in total. The quantitative estimate of drug-likeness (QED) is 0.498. The third-order valence-corrected chi connectivity index (χ3v) is 3.06. The van der Waals surface area contributed by atoms with Crippen LogP contribution in [0.3, 0.4) is 0 Å². The first-order valence-electron chi connectivity index (χ1n) is 6.63. The first-order valence-corrected chi connectivity index (χ1v) is 6.63. The van der Waals surface area contributed by atoms with Gasteiger partial charge in [0.1, 0.15) is 11.5 Å². The fourth-order valence-corrected chi connectivity index (χ4v) is 1.98. The van der Waals surface area contributed by atoms with Gasteiger partial charge in [-0.3, -0.25) is 0 Å². The average molecular weight is 272 g/mol. The summed E-state index contributed by atoms with van der Waals surface area (Å²) in [6, 6.07) is 10.9. The molecular weight excluding hydrogens is 252 g/mol. The fourth-order valence-electron chi connectivity index (χ4n) is 1.98. The van der Waals surface area contributed by atoms with Crippen LogP contribution in [-0.2, 0) is 0 Å². The minimum atomic E-state index is 0.244. The van der Waals surface area contributed by atoms with Crippen LogP contribution in [0.2, 0.25) is 0 Å². The number of nitrogens with one attached hydrogen (secondary N) is 2. The monoisotopic (exact) mass is 272 g/mol. The Labute approximate surface area is 119 Å². The number of phenolic OH excluding ortho intramolecular Hbond substituents is 2. The van der Waals surface area contributed by atoms with E-state index >= 15 is 0 Å². The molecule has 106 valence electrons. The minimum Gasteiger partial charge on any atom is -0.506 e. The molecule has 0 radical (unpaired) electrons. The van der Waals surface area contributed by atoms with Crippen LogP contribution in [0.15, 0.2) is 36.4 Å². The molecule has 2 aromatic carbocycles. The normalized spacial score (nSPS) is 10.3. The van der Waals surface area contributed by atoms with E-state index in [2.05, 4.69) is 10.6 Å². The average Bonchev–Trinajstić information content (AvgIpc) is 2.42. The van der Waals surface area contributed by atoms with Crippen molar-refractivity contribution in [3.63, 3.8) is 0 Å². The first kappa shape index (κ1) is 14.1. The fraction of sp³-hybridized carbons (Fsp3) is 0.250. The van der Waals surface area contributed by atoms with Crippen molar-refractivity contribution in [2.45, 2.75) is 13.8 Å². The highest BCUT2D eigenvalue weighted by Crippen LogP contribution is 2.25. The first-order chi connectivity index (χ1) is 9.56. The highest BCUT2D eigenvalue weighted by atomic mass is 16.3. The number of aromatic hydroxyl groups is 2. The molecule has 0 bridgehead atoms. The highest BCUT2D eigenvalue weighted by Gasteiger charge is 2.02. The van der Waals surface area contributed by atoms with Crippen LogP contribution in [0.25, 0.3) is 0 Å². The van der Waals surface area contributed by atoms with Crippen LogP contribution >= 0.6 is 0 Å². The van der Waals surface area contributed by atoms with Crippen molar-refractivity contribution in [3.05, 3.63) is 47.5 Å². The number of hydrogen-bond acceptors (Lipinski definition) is 4. The number of benzene rings is 2. The van der Waals surface area contributed by atoms with Crippen LogP contribution in [0.4, 0.5) is 11.4 Å². The van der Waals surface area contributed by atoms with Crippen molar-refractivity contribution >= 4 is 11.4 Å². The lowest BCUT2D eigenvalue weighted by atomic mass is 10.2. The zero-order valence-corrected chi connectivity index (χ0v) is 11.8. The zero-order chi connectivity index (χ0) is 14.5. The number of hydrogen-bond donors (Lipinski definition) is 4. The number of phenols is 2. The standard InChI is InChI=1S/C16H20N2O2/c1-11-3-5-15(19)13(9-11)17-7-8-18-14-10-12(2)4-6-16(14)20/h3-6,9-10,17-20H,7-8H2,1-2H3. The Morgan fingerprint density at radius 3 is 1.55 bits per heavy atom. The maximum atomic E-state index is 9.71. The van der Waals surface area contributed by atoms with Gasteiger partial charge in [0.15, 0.2) is 0 Å². The summed E-state index contributed by atoms with van der Waals surface area (Å²) < 4.78 is 0. The molecule has 20 heavy (non-hydrogen) atoms. The van der Waals surface area contributed by atoms with Gasteiger partial charge >= 0.3 is 0 Å². The second-order valence-electron chi connectivity index (χ2n) is 4.89. The lowest BCUT2D eigenvalue weighted by Crippen LogP contribution is -2.13. The molecule has 0 unspecified atom stereocenters. The van der Waals surface area contributed by atoms with Gasteiger partial charge in [-0.15, -0.1) is 0 Å². The van der Waals surface area contributed by atoms with Gasteiger partial charge in [-0.05, 0) is 49.2 Å². The van der Waals surface area contributed by atoms with E-state index in [0.29, 0.717) is 13.1 Å². The Kier molecular flexibility index (Phi) is 4.35. The Morgan fingerprint density at radius 2 is 1.15 bits per heavy atom. The second-order valence-corrected chi connectivity index (χ2v) is 4.89. The van der Waals surface area contributed by atoms with Gasteiger partial charge in [0, 0.05) is 13.1 Å². The van der Waals surface area contributed by atoms with Crippen molar-refractivity contribution in [1.29, 1.82) is 0 Å². The van der Waals surface area contributed by atoms with Gasteiger partial charge in [0.05, 0.1) is 11.4 Å². The molecule has 4 nitrogen and oxygen atoms in total. The van der Waals surface area contributed by atoms with Gasteiger partial charge in [0.2, 0.25) is 0 Å². The van der Waals surface area contributed by atoms with E-state index in [-0.39, 0.29) is 11.5 Å². The molecule has 2 rings (SSSR count).